The van der Waals surface area contributed by atoms with Gasteiger partial charge in [0.15, 0.2) is 0 Å². The first-order chi connectivity index (χ1) is 9.66. The van der Waals surface area contributed by atoms with Gasteiger partial charge in [-0.3, -0.25) is 9.78 Å². The summed E-state index contributed by atoms with van der Waals surface area (Å²) in [7, 11) is 0. The van der Waals surface area contributed by atoms with Crippen LogP contribution in [0.3, 0.4) is 0 Å². The second kappa shape index (κ2) is 6.89. The molecule has 1 aromatic carbocycles. The van der Waals surface area contributed by atoms with Gasteiger partial charge in [-0.25, -0.2) is 4.98 Å². The van der Waals surface area contributed by atoms with E-state index in [1.54, 1.807) is 0 Å². The third-order valence-corrected chi connectivity index (χ3v) is 3.48. The number of rotatable bonds is 6. The Morgan fingerprint density at radius 1 is 1.10 bits per heavy atom. The van der Waals surface area contributed by atoms with Crippen LogP contribution in [0, 0.1) is 6.92 Å². The van der Waals surface area contributed by atoms with Crippen LogP contribution >= 0.6 is 0 Å². The first-order valence-electron chi connectivity index (χ1n) is 7.06. The number of hydrogen-bond donors (Lipinski definition) is 2. The van der Waals surface area contributed by atoms with E-state index in [4.69, 9.17) is 5.73 Å². The number of nitrogens with two attached hydrogens (primary N) is 1. The van der Waals surface area contributed by atoms with Gasteiger partial charge < -0.3 is 5.73 Å². The summed E-state index contributed by atoms with van der Waals surface area (Å²) in [6, 6.07) is 10.5. The normalized spacial score (nSPS) is 10.7. The molecule has 0 saturated carbocycles. The Hall–Kier alpha value is -2.10. The Morgan fingerprint density at radius 3 is 2.50 bits per heavy atom. The van der Waals surface area contributed by atoms with Crippen molar-refractivity contribution in [2.24, 2.45) is 0 Å². The number of aromatic nitrogens is 2. The van der Waals surface area contributed by atoms with Crippen LogP contribution < -0.4 is 11.3 Å². The van der Waals surface area contributed by atoms with E-state index >= 15 is 0 Å². The fourth-order valence-electron chi connectivity index (χ4n) is 2.38. The van der Waals surface area contributed by atoms with Gasteiger partial charge in [0, 0.05) is 11.3 Å². The molecule has 1 aromatic heterocycles. The highest BCUT2D eigenvalue weighted by molar-refractivity contribution is 5.24. The van der Waals surface area contributed by atoms with Crippen molar-refractivity contribution < 1.29 is 0 Å². The number of hydrogen-bond acceptors (Lipinski definition) is 3. The van der Waals surface area contributed by atoms with Crippen molar-refractivity contribution in [3.05, 3.63) is 57.5 Å². The summed E-state index contributed by atoms with van der Waals surface area (Å²) >= 11 is 0. The van der Waals surface area contributed by atoms with Gasteiger partial charge in [-0.2, -0.15) is 0 Å². The first-order valence-corrected chi connectivity index (χ1v) is 7.06. The molecule has 0 amide bonds. The number of anilines is 1. The van der Waals surface area contributed by atoms with E-state index in [2.05, 4.69) is 34.2 Å². The standard InChI is InChI=1S/C16H21N3O/c1-12-14(15(20)19-16(17)18-12)11-7-3-6-10-13-8-4-2-5-9-13/h2,4-5,8-9H,3,6-7,10-11H2,1H3,(H3,17,18,19,20). The summed E-state index contributed by atoms with van der Waals surface area (Å²) in [6.45, 7) is 1.84. The van der Waals surface area contributed by atoms with Crippen LogP contribution in [0.15, 0.2) is 35.1 Å². The van der Waals surface area contributed by atoms with Crippen LogP contribution in [0.5, 0.6) is 0 Å². The molecule has 4 heteroatoms. The highest BCUT2D eigenvalue weighted by atomic mass is 16.1. The van der Waals surface area contributed by atoms with Gasteiger partial charge in [-0.05, 0) is 38.2 Å². The van der Waals surface area contributed by atoms with Crippen LogP contribution in [0.25, 0.3) is 0 Å². The van der Waals surface area contributed by atoms with E-state index in [0.717, 1.165) is 43.4 Å². The van der Waals surface area contributed by atoms with Gasteiger partial charge in [-0.15, -0.1) is 0 Å². The highest BCUT2D eigenvalue weighted by Gasteiger charge is 2.06. The summed E-state index contributed by atoms with van der Waals surface area (Å²) < 4.78 is 0. The molecule has 0 atom stereocenters. The lowest BCUT2D eigenvalue weighted by Gasteiger charge is -2.05. The zero-order valence-electron chi connectivity index (χ0n) is 11.9. The molecule has 0 spiro atoms. The molecule has 0 aliphatic rings. The summed E-state index contributed by atoms with van der Waals surface area (Å²) in [5.74, 6) is 0.195. The van der Waals surface area contributed by atoms with Gasteiger partial charge in [0.25, 0.3) is 5.56 Å². The van der Waals surface area contributed by atoms with E-state index in [1.807, 2.05) is 13.0 Å². The van der Waals surface area contributed by atoms with Crippen molar-refractivity contribution in [3.8, 4) is 0 Å². The quantitative estimate of drug-likeness (QED) is 0.793. The van der Waals surface area contributed by atoms with Crippen LogP contribution in [0.1, 0.15) is 36.1 Å². The topological polar surface area (TPSA) is 71.8 Å². The van der Waals surface area contributed by atoms with Gasteiger partial charge in [0.05, 0.1) is 0 Å². The van der Waals surface area contributed by atoms with Crippen LogP contribution in [0.2, 0.25) is 0 Å². The zero-order chi connectivity index (χ0) is 14.4. The Morgan fingerprint density at radius 2 is 1.80 bits per heavy atom. The van der Waals surface area contributed by atoms with Crippen LogP contribution in [-0.4, -0.2) is 9.97 Å². The molecule has 20 heavy (non-hydrogen) atoms. The molecule has 0 fully saturated rings. The fraction of sp³-hybridized carbons (Fsp3) is 0.375. The minimum absolute atomic E-state index is 0.0990. The van der Waals surface area contributed by atoms with Crippen molar-refractivity contribution in [3.63, 3.8) is 0 Å². The van der Waals surface area contributed by atoms with Gasteiger partial charge in [0.2, 0.25) is 5.95 Å². The van der Waals surface area contributed by atoms with E-state index in [9.17, 15) is 4.79 Å². The number of H-pyrrole nitrogens is 1. The first kappa shape index (κ1) is 14.3. The van der Waals surface area contributed by atoms with Crippen molar-refractivity contribution in [2.45, 2.75) is 39.0 Å². The maximum Gasteiger partial charge on any atom is 0.255 e. The number of aromatic amines is 1. The molecular weight excluding hydrogens is 250 g/mol. The molecule has 0 saturated heterocycles. The fourth-order valence-corrected chi connectivity index (χ4v) is 2.38. The Kier molecular flexibility index (Phi) is 4.93. The molecule has 4 nitrogen and oxygen atoms in total. The third kappa shape index (κ3) is 3.95. The minimum Gasteiger partial charge on any atom is -0.369 e. The van der Waals surface area contributed by atoms with E-state index in [1.165, 1.54) is 5.56 Å². The molecule has 2 aromatic rings. The number of nitrogen functional groups attached to an aromatic ring is 1. The largest absolute Gasteiger partial charge is 0.369 e. The van der Waals surface area contributed by atoms with E-state index in [-0.39, 0.29) is 11.5 Å². The molecule has 106 valence electrons. The maximum atomic E-state index is 11.8. The lowest BCUT2D eigenvalue weighted by molar-refractivity contribution is 0.672. The molecule has 0 unspecified atom stereocenters. The number of benzene rings is 1. The number of nitrogens with one attached hydrogen (secondary N) is 1. The lowest BCUT2D eigenvalue weighted by atomic mass is 10.0. The number of unbranched alkanes of at least 4 members (excludes halogenated alkanes) is 2. The highest BCUT2D eigenvalue weighted by Crippen LogP contribution is 2.09. The predicted molar refractivity (Wildman–Crippen MR) is 81.7 cm³/mol. The summed E-state index contributed by atoms with van der Waals surface area (Å²) in [4.78, 5) is 18.4. The molecule has 1 heterocycles. The molecule has 0 aliphatic heterocycles. The average molecular weight is 271 g/mol. The minimum atomic E-state index is -0.0990. The smallest absolute Gasteiger partial charge is 0.255 e. The van der Waals surface area contributed by atoms with Crippen LogP contribution in [0.4, 0.5) is 5.95 Å². The molecule has 3 N–H and O–H groups in total. The van der Waals surface area contributed by atoms with Crippen molar-refractivity contribution in [1.29, 1.82) is 0 Å². The monoisotopic (exact) mass is 271 g/mol. The van der Waals surface area contributed by atoms with E-state index in [0.29, 0.717) is 0 Å². The molecule has 2 rings (SSSR count). The van der Waals surface area contributed by atoms with Gasteiger partial charge in [0.1, 0.15) is 0 Å². The molecular formula is C16H21N3O. The van der Waals surface area contributed by atoms with Crippen molar-refractivity contribution >= 4 is 5.95 Å². The zero-order valence-corrected chi connectivity index (χ0v) is 11.9. The number of nitrogens with zero attached hydrogens (tertiary/aromatic N) is 1. The lowest BCUT2D eigenvalue weighted by Crippen LogP contribution is -2.18. The Bertz CT molecular complexity index is 605. The summed E-state index contributed by atoms with van der Waals surface area (Å²) in [6.07, 6.45) is 5.11. The molecule has 0 aliphatic carbocycles. The summed E-state index contributed by atoms with van der Waals surface area (Å²) in [5.41, 5.74) is 8.28. The predicted octanol–water partition coefficient (Wildman–Crippen LogP) is 2.62. The SMILES string of the molecule is Cc1nc(N)[nH]c(=O)c1CCCCCc1ccccc1. The van der Waals surface area contributed by atoms with E-state index < -0.39 is 0 Å². The Labute approximate surface area is 119 Å². The second-order valence-electron chi connectivity index (χ2n) is 5.06. The van der Waals surface area contributed by atoms with Crippen molar-refractivity contribution in [2.75, 3.05) is 5.73 Å². The molecule has 0 radical (unpaired) electrons. The summed E-state index contributed by atoms with van der Waals surface area (Å²) in [5, 5.41) is 0. The van der Waals surface area contributed by atoms with Crippen LogP contribution in [-0.2, 0) is 12.8 Å². The van der Waals surface area contributed by atoms with Crippen molar-refractivity contribution in [1.82, 2.24) is 9.97 Å². The number of aryl methyl sites for hydroxylation is 2. The average Bonchev–Trinajstić information content (AvgIpc) is 2.42. The van der Waals surface area contributed by atoms with Gasteiger partial charge in [-0.1, -0.05) is 36.8 Å². The van der Waals surface area contributed by atoms with Gasteiger partial charge >= 0.3 is 0 Å². The third-order valence-electron chi connectivity index (χ3n) is 3.48. The Balaban J connectivity index is 1.78. The second-order valence-corrected chi connectivity index (χ2v) is 5.06. The molecule has 0 bridgehead atoms. The maximum absolute atomic E-state index is 11.8.